The van der Waals surface area contributed by atoms with Crippen molar-refractivity contribution in [1.82, 2.24) is 4.98 Å². The highest BCUT2D eigenvalue weighted by Gasteiger charge is 2.18. The molecule has 1 aromatic heterocycles. The first-order valence-electron chi connectivity index (χ1n) is 5.75. The Balaban J connectivity index is 0.00000128. The van der Waals surface area contributed by atoms with E-state index in [2.05, 4.69) is 22.0 Å². The maximum atomic E-state index is 5.58. The van der Waals surface area contributed by atoms with E-state index in [1.54, 1.807) is 0 Å². The summed E-state index contributed by atoms with van der Waals surface area (Å²) in [6.45, 7) is 3.16. The second-order valence-corrected chi connectivity index (χ2v) is 4.21. The van der Waals surface area contributed by atoms with E-state index in [1.807, 2.05) is 12.4 Å². The molecule has 0 radical (unpaired) electrons. The highest BCUT2D eigenvalue weighted by molar-refractivity contribution is 5.85. The molecule has 3 nitrogen and oxygen atoms in total. The Bertz CT molecular complexity index is 287. The van der Waals surface area contributed by atoms with E-state index in [9.17, 15) is 0 Å². The number of halogens is 2. The molecule has 1 fully saturated rings. The topological polar surface area (TPSA) is 42.1 Å². The first-order chi connectivity index (χ1) is 7.40. The normalized spacial score (nSPS) is 15.9. The van der Waals surface area contributed by atoms with Crippen molar-refractivity contribution in [3.63, 3.8) is 0 Å². The number of hydrogen-bond acceptors (Lipinski definition) is 3. The van der Waals surface area contributed by atoms with E-state index in [4.69, 9.17) is 5.73 Å². The van der Waals surface area contributed by atoms with Gasteiger partial charge in [0.05, 0.1) is 0 Å². The van der Waals surface area contributed by atoms with Crippen molar-refractivity contribution in [3.05, 3.63) is 24.5 Å². The fourth-order valence-corrected chi connectivity index (χ4v) is 2.27. The van der Waals surface area contributed by atoms with E-state index < -0.39 is 0 Å². The van der Waals surface area contributed by atoms with Gasteiger partial charge in [0.15, 0.2) is 0 Å². The van der Waals surface area contributed by atoms with Gasteiger partial charge in [-0.2, -0.15) is 0 Å². The van der Waals surface area contributed by atoms with Crippen LogP contribution in [0.25, 0.3) is 0 Å². The molecule has 0 atom stereocenters. The average molecular weight is 278 g/mol. The third-order valence-corrected chi connectivity index (χ3v) is 3.22. The average Bonchev–Trinajstić information content (AvgIpc) is 2.32. The fourth-order valence-electron chi connectivity index (χ4n) is 2.27. The zero-order chi connectivity index (χ0) is 10.5. The van der Waals surface area contributed by atoms with Gasteiger partial charge in [-0.3, -0.25) is 4.98 Å². The summed E-state index contributed by atoms with van der Waals surface area (Å²) in [5.74, 6) is 0.841. The molecule has 0 saturated carbocycles. The van der Waals surface area contributed by atoms with Crippen LogP contribution in [0.5, 0.6) is 0 Å². The first-order valence-corrected chi connectivity index (χ1v) is 5.75. The lowest BCUT2D eigenvalue weighted by atomic mass is 9.93. The van der Waals surface area contributed by atoms with E-state index in [-0.39, 0.29) is 24.8 Å². The molecule has 98 valence electrons. The van der Waals surface area contributed by atoms with Crippen LogP contribution in [0.4, 0.5) is 5.69 Å². The molecule has 1 saturated heterocycles. The van der Waals surface area contributed by atoms with E-state index >= 15 is 0 Å². The van der Waals surface area contributed by atoms with Gasteiger partial charge in [-0.05, 0) is 43.9 Å². The molecule has 0 amide bonds. The van der Waals surface area contributed by atoms with Gasteiger partial charge in [-0.1, -0.05) is 0 Å². The molecule has 2 heterocycles. The number of aromatic nitrogens is 1. The molecule has 0 aliphatic carbocycles. The van der Waals surface area contributed by atoms with Crippen LogP contribution in [-0.4, -0.2) is 24.6 Å². The van der Waals surface area contributed by atoms with Crippen LogP contribution >= 0.6 is 24.8 Å². The van der Waals surface area contributed by atoms with Crippen molar-refractivity contribution in [2.24, 2.45) is 11.7 Å². The highest BCUT2D eigenvalue weighted by atomic mass is 35.5. The molecule has 5 heteroatoms. The first kappa shape index (κ1) is 16.5. The number of hydrogen-bond donors (Lipinski definition) is 1. The molecule has 1 aliphatic rings. The molecule has 1 aromatic rings. The van der Waals surface area contributed by atoms with Gasteiger partial charge < -0.3 is 10.6 Å². The molecule has 0 unspecified atom stereocenters. The van der Waals surface area contributed by atoms with E-state index in [0.717, 1.165) is 25.6 Å². The van der Waals surface area contributed by atoms with Gasteiger partial charge in [-0.15, -0.1) is 24.8 Å². The summed E-state index contributed by atoms with van der Waals surface area (Å²) < 4.78 is 0. The predicted octanol–water partition coefficient (Wildman–Crippen LogP) is 2.49. The third kappa shape index (κ3) is 4.70. The van der Waals surface area contributed by atoms with Crippen molar-refractivity contribution in [1.29, 1.82) is 0 Å². The Morgan fingerprint density at radius 1 is 1.18 bits per heavy atom. The summed E-state index contributed by atoms with van der Waals surface area (Å²) >= 11 is 0. The quantitative estimate of drug-likeness (QED) is 0.923. The zero-order valence-electron chi connectivity index (χ0n) is 9.92. The van der Waals surface area contributed by atoms with Crippen LogP contribution in [0.15, 0.2) is 24.5 Å². The zero-order valence-corrected chi connectivity index (χ0v) is 11.6. The van der Waals surface area contributed by atoms with Crippen LogP contribution in [0.1, 0.15) is 19.3 Å². The molecule has 0 aromatic carbocycles. The van der Waals surface area contributed by atoms with Gasteiger partial charge in [0.2, 0.25) is 0 Å². The van der Waals surface area contributed by atoms with Crippen LogP contribution in [-0.2, 0) is 0 Å². The van der Waals surface area contributed by atoms with Crippen molar-refractivity contribution >= 4 is 30.5 Å². The maximum absolute atomic E-state index is 5.58. The van der Waals surface area contributed by atoms with Gasteiger partial charge in [-0.25, -0.2) is 0 Å². The standard InChI is InChI=1S/C12H19N3.2ClH/c13-6-1-11-4-9-15(10-5-11)12-2-7-14-8-3-12;;/h2-3,7-8,11H,1,4-6,9-10,13H2;2*1H. The lowest BCUT2D eigenvalue weighted by molar-refractivity contribution is 0.386. The predicted molar refractivity (Wildman–Crippen MR) is 77.3 cm³/mol. The summed E-state index contributed by atoms with van der Waals surface area (Å²) in [7, 11) is 0. The molecular weight excluding hydrogens is 257 g/mol. The van der Waals surface area contributed by atoms with Crippen molar-refractivity contribution < 1.29 is 0 Å². The Hall–Kier alpha value is -0.510. The van der Waals surface area contributed by atoms with Crippen LogP contribution in [0, 0.1) is 5.92 Å². The lowest BCUT2D eigenvalue weighted by Crippen LogP contribution is -2.34. The van der Waals surface area contributed by atoms with Crippen LogP contribution in [0.3, 0.4) is 0 Å². The number of rotatable bonds is 3. The van der Waals surface area contributed by atoms with E-state index in [0.29, 0.717) is 0 Å². The van der Waals surface area contributed by atoms with Crippen molar-refractivity contribution in [2.45, 2.75) is 19.3 Å². The number of pyridine rings is 1. The third-order valence-electron chi connectivity index (χ3n) is 3.22. The van der Waals surface area contributed by atoms with Crippen LogP contribution in [0.2, 0.25) is 0 Å². The van der Waals surface area contributed by atoms with Gasteiger partial charge >= 0.3 is 0 Å². The highest BCUT2D eigenvalue weighted by Crippen LogP contribution is 2.23. The molecule has 17 heavy (non-hydrogen) atoms. The van der Waals surface area contributed by atoms with Gasteiger partial charge in [0.1, 0.15) is 0 Å². The molecule has 2 rings (SSSR count). The van der Waals surface area contributed by atoms with E-state index in [1.165, 1.54) is 24.9 Å². The molecule has 2 N–H and O–H groups in total. The van der Waals surface area contributed by atoms with Crippen molar-refractivity contribution in [2.75, 3.05) is 24.5 Å². The SMILES string of the molecule is Cl.Cl.NCCC1CCN(c2ccncc2)CC1. The van der Waals surface area contributed by atoms with Gasteiger partial charge in [0.25, 0.3) is 0 Å². The Labute approximate surface area is 116 Å². The molecule has 1 aliphatic heterocycles. The Morgan fingerprint density at radius 2 is 1.76 bits per heavy atom. The summed E-state index contributed by atoms with van der Waals surface area (Å²) in [5, 5.41) is 0. The van der Waals surface area contributed by atoms with Crippen molar-refractivity contribution in [3.8, 4) is 0 Å². The minimum atomic E-state index is 0. The number of nitrogens with two attached hydrogens (primary N) is 1. The monoisotopic (exact) mass is 277 g/mol. The second-order valence-electron chi connectivity index (χ2n) is 4.21. The fraction of sp³-hybridized carbons (Fsp3) is 0.583. The largest absolute Gasteiger partial charge is 0.371 e. The maximum Gasteiger partial charge on any atom is 0.0397 e. The Kier molecular flexibility index (Phi) is 8.30. The lowest BCUT2D eigenvalue weighted by Gasteiger charge is -2.33. The molecule has 0 bridgehead atoms. The minimum Gasteiger partial charge on any atom is -0.371 e. The Morgan fingerprint density at radius 3 is 2.29 bits per heavy atom. The smallest absolute Gasteiger partial charge is 0.0397 e. The number of nitrogens with zero attached hydrogens (tertiary/aromatic N) is 2. The summed E-state index contributed by atoms with van der Waals surface area (Å²) in [6, 6.07) is 4.17. The van der Waals surface area contributed by atoms with Crippen LogP contribution < -0.4 is 10.6 Å². The summed E-state index contributed by atoms with van der Waals surface area (Å²) in [4.78, 5) is 6.48. The second kappa shape index (κ2) is 8.56. The summed E-state index contributed by atoms with van der Waals surface area (Å²) in [6.07, 6.45) is 7.46. The van der Waals surface area contributed by atoms with Gasteiger partial charge in [0, 0.05) is 31.2 Å². The number of piperidine rings is 1. The molecular formula is C12H21Cl2N3. The summed E-state index contributed by atoms with van der Waals surface area (Å²) in [5.41, 5.74) is 6.89. The minimum absolute atomic E-state index is 0. The molecule has 0 spiro atoms. The number of anilines is 1.